The van der Waals surface area contributed by atoms with Gasteiger partial charge in [-0.25, -0.2) is 23.5 Å². The quantitative estimate of drug-likeness (QED) is 0.360. The standard InChI is InChI=1S/C20H13BrF2N6O3/c21-11-7-24-19(25-8-11)28-27-17(30)12-6-10(4-5-13(12)22)9-29-15-3-1-2-14(23)16(15)18(31)26-20(29)32/h1-8H,9H2,(H,27,30)(H,24,25,28)(H,26,31,32). The zero-order valence-electron chi connectivity index (χ0n) is 16.0. The number of fused-ring (bicyclic) bond motifs is 1. The molecule has 162 valence electrons. The lowest BCUT2D eigenvalue weighted by Crippen LogP contribution is -2.32. The number of aromatic nitrogens is 4. The van der Waals surface area contributed by atoms with Gasteiger partial charge in [-0.05, 0) is 45.8 Å². The van der Waals surface area contributed by atoms with E-state index in [2.05, 4.69) is 41.7 Å². The van der Waals surface area contributed by atoms with Gasteiger partial charge in [0.05, 0.1) is 27.5 Å². The summed E-state index contributed by atoms with van der Waals surface area (Å²) in [4.78, 5) is 46.7. The Morgan fingerprint density at radius 3 is 2.59 bits per heavy atom. The van der Waals surface area contributed by atoms with Crippen LogP contribution in [0.25, 0.3) is 10.9 Å². The molecule has 0 radical (unpaired) electrons. The topological polar surface area (TPSA) is 122 Å². The first-order chi connectivity index (χ1) is 15.3. The van der Waals surface area contributed by atoms with Gasteiger partial charge in [0.1, 0.15) is 11.6 Å². The molecule has 32 heavy (non-hydrogen) atoms. The van der Waals surface area contributed by atoms with E-state index in [1.165, 1.54) is 36.7 Å². The largest absolute Gasteiger partial charge is 0.329 e. The molecule has 0 fully saturated rings. The molecule has 3 N–H and O–H groups in total. The van der Waals surface area contributed by atoms with Gasteiger partial charge in [-0.15, -0.1) is 0 Å². The van der Waals surface area contributed by atoms with Crippen LogP contribution in [0.2, 0.25) is 0 Å². The molecule has 0 bridgehead atoms. The Hall–Kier alpha value is -3.93. The van der Waals surface area contributed by atoms with Crippen LogP contribution in [0.4, 0.5) is 14.7 Å². The monoisotopic (exact) mass is 502 g/mol. The minimum atomic E-state index is -0.847. The number of carbonyl (C=O) groups excluding carboxylic acids is 1. The maximum Gasteiger partial charge on any atom is 0.329 e. The van der Waals surface area contributed by atoms with Gasteiger partial charge in [-0.1, -0.05) is 12.1 Å². The van der Waals surface area contributed by atoms with Crippen molar-refractivity contribution in [3.63, 3.8) is 0 Å². The fraction of sp³-hybridized carbons (Fsp3) is 0.0500. The first kappa shape index (κ1) is 21.3. The second-order valence-electron chi connectivity index (χ2n) is 6.60. The molecule has 0 saturated heterocycles. The maximum atomic E-state index is 14.3. The van der Waals surface area contributed by atoms with Crippen LogP contribution >= 0.6 is 15.9 Å². The molecule has 2 heterocycles. The molecule has 12 heteroatoms. The van der Waals surface area contributed by atoms with Crippen molar-refractivity contribution in [2.24, 2.45) is 0 Å². The molecular formula is C20H13BrF2N6O3. The Morgan fingerprint density at radius 1 is 1.09 bits per heavy atom. The summed E-state index contributed by atoms with van der Waals surface area (Å²) in [6, 6.07) is 7.59. The van der Waals surface area contributed by atoms with Crippen molar-refractivity contribution in [1.82, 2.24) is 24.9 Å². The van der Waals surface area contributed by atoms with Gasteiger partial charge < -0.3 is 0 Å². The van der Waals surface area contributed by atoms with Crippen LogP contribution in [0.3, 0.4) is 0 Å². The van der Waals surface area contributed by atoms with Gasteiger partial charge >= 0.3 is 5.69 Å². The number of benzene rings is 2. The van der Waals surface area contributed by atoms with E-state index in [0.29, 0.717) is 10.0 Å². The molecule has 0 atom stereocenters. The summed E-state index contributed by atoms with van der Waals surface area (Å²) in [7, 11) is 0. The molecule has 0 unspecified atom stereocenters. The summed E-state index contributed by atoms with van der Waals surface area (Å²) in [6.07, 6.45) is 2.91. The van der Waals surface area contributed by atoms with Crippen molar-refractivity contribution in [2.45, 2.75) is 6.54 Å². The number of nitrogens with one attached hydrogen (secondary N) is 3. The van der Waals surface area contributed by atoms with E-state index in [1.807, 2.05) is 0 Å². The van der Waals surface area contributed by atoms with Crippen molar-refractivity contribution in [3.8, 4) is 0 Å². The molecule has 4 rings (SSSR count). The highest BCUT2D eigenvalue weighted by molar-refractivity contribution is 9.10. The zero-order valence-corrected chi connectivity index (χ0v) is 17.6. The number of aromatic amines is 1. The normalized spacial score (nSPS) is 10.8. The number of hydrogen-bond acceptors (Lipinski definition) is 6. The van der Waals surface area contributed by atoms with Crippen LogP contribution < -0.4 is 22.1 Å². The third kappa shape index (κ3) is 4.25. The first-order valence-corrected chi connectivity index (χ1v) is 9.86. The van der Waals surface area contributed by atoms with Crippen LogP contribution in [-0.4, -0.2) is 25.4 Å². The summed E-state index contributed by atoms with van der Waals surface area (Å²) in [6.45, 7) is -0.140. The highest BCUT2D eigenvalue weighted by Gasteiger charge is 2.15. The predicted octanol–water partition coefficient (Wildman–Crippen LogP) is 2.33. The molecule has 2 aromatic carbocycles. The number of amides is 1. The fourth-order valence-corrected chi connectivity index (χ4v) is 3.24. The van der Waals surface area contributed by atoms with Crippen LogP contribution in [-0.2, 0) is 6.54 Å². The average molecular weight is 503 g/mol. The Bertz CT molecular complexity index is 1450. The second kappa shape index (κ2) is 8.67. The van der Waals surface area contributed by atoms with Gasteiger partial charge in [0.2, 0.25) is 5.95 Å². The molecular weight excluding hydrogens is 490 g/mol. The number of anilines is 1. The van der Waals surface area contributed by atoms with E-state index >= 15 is 0 Å². The highest BCUT2D eigenvalue weighted by Crippen LogP contribution is 2.16. The van der Waals surface area contributed by atoms with E-state index in [1.54, 1.807) is 0 Å². The number of hydrogen-bond donors (Lipinski definition) is 3. The first-order valence-electron chi connectivity index (χ1n) is 9.07. The van der Waals surface area contributed by atoms with Gasteiger partial charge in [-0.3, -0.25) is 30.0 Å². The van der Waals surface area contributed by atoms with Gasteiger partial charge in [-0.2, -0.15) is 0 Å². The van der Waals surface area contributed by atoms with Gasteiger partial charge in [0, 0.05) is 12.4 Å². The van der Waals surface area contributed by atoms with E-state index in [-0.39, 0.29) is 29.0 Å². The lowest BCUT2D eigenvalue weighted by molar-refractivity contribution is 0.0958. The van der Waals surface area contributed by atoms with E-state index < -0.39 is 28.8 Å². The lowest BCUT2D eigenvalue weighted by atomic mass is 10.1. The van der Waals surface area contributed by atoms with Crippen molar-refractivity contribution in [3.05, 3.63) is 96.9 Å². The predicted molar refractivity (Wildman–Crippen MR) is 115 cm³/mol. The number of carbonyl (C=O) groups is 1. The fourth-order valence-electron chi connectivity index (χ4n) is 3.04. The van der Waals surface area contributed by atoms with E-state index in [4.69, 9.17) is 0 Å². The van der Waals surface area contributed by atoms with Gasteiger partial charge in [0.25, 0.3) is 11.5 Å². The van der Waals surface area contributed by atoms with Crippen molar-refractivity contribution in [2.75, 3.05) is 5.43 Å². The molecule has 0 saturated carbocycles. The molecule has 0 spiro atoms. The van der Waals surface area contributed by atoms with Gasteiger partial charge in [0.15, 0.2) is 0 Å². The third-order valence-corrected chi connectivity index (χ3v) is 4.91. The number of halogens is 3. The lowest BCUT2D eigenvalue weighted by Gasteiger charge is -2.12. The number of H-pyrrole nitrogens is 1. The van der Waals surface area contributed by atoms with E-state index in [9.17, 15) is 23.2 Å². The number of nitrogens with zero attached hydrogens (tertiary/aromatic N) is 3. The summed E-state index contributed by atoms with van der Waals surface area (Å²) in [5.41, 5.74) is 3.28. The van der Waals surface area contributed by atoms with Crippen LogP contribution in [0.5, 0.6) is 0 Å². The summed E-state index contributed by atoms with van der Waals surface area (Å²) in [5.74, 6) is -2.29. The molecule has 1 amide bonds. The SMILES string of the molecule is O=C(NNc1ncc(Br)cn1)c1cc(Cn2c(=O)[nH]c(=O)c3c(F)cccc32)ccc1F. The Balaban J connectivity index is 1.63. The van der Waals surface area contributed by atoms with Crippen LogP contribution in [0.1, 0.15) is 15.9 Å². The number of hydrazine groups is 1. The van der Waals surface area contributed by atoms with Crippen LogP contribution in [0, 0.1) is 11.6 Å². The average Bonchev–Trinajstić information content (AvgIpc) is 2.77. The highest BCUT2D eigenvalue weighted by atomic mass is 79.9. The smallest absolute Gasteiger partial charge is 0.289 e. The third-order valence-electron chi connectivity index (χ3n) is 4.50. The summed E-state index contributed by atoms with van der Waals surface area (Å²) >= 11 is 3.18. The summed E-state index contributed by atoms with van der Waals surface area (Å²) < 4.78 is 30.2. The molecule has 0 aliphatic rings. The molecule has 0 aliphatic heterocycles. The molecule has 4 aromatic rings. The van der Waals surface area contributed by atoms with Crippen LogP contribution in [0.15, 0.2) is 62.9 Å². The Kier molecular flexibility index (Phi) is 5.77. The molecule has 2 aromatic heterocycles. The van der Waals surface area contributed by atoms with E-state index in [0.717, 1.165) is 16.7 Å². The minimum absolute atomic E-state index is 0.0723. The minimum Gasteiger partial charge on any atom is -0.289 e. The second-order valence-corrected chi connectivity index (χ2v) is 7.51. The maximum absolute atomic E-state index is 14.3. The number of rotatable bonds is 5. The Labute approximate surface area is 186 Å². The summed E-state index contributed by atoms with van der Waals surface area (Å²) in [5, 5.41) is -0.272. The van der Waals surface area contributed by atoms with Crippen molar-refractivity contribution in [1.29, 1.82) is 0 Å². The Morgan fingerprint density at radius 2 is 1.84 bits per heavy atom. The van der Waals surface area contributed by atoms with Crippen molar-refractivity contribution >= 4 is 38.7 Å². The zero-order chi connectivity index (χ0) is 22.8. The molecule has 0 aliphatic carbocycles. The molecule has 9 nitrogen and oxygen atoms in total. The van der Waals surface area contributed by atoms with Crippen molar-refractivity contribution < 1.29 is 13.6 Å².